The SMILES string of the molecule is [2H]C([2H])(c1cc[n+](C)c(-c2cc(-c3ccc(C)cc3)ccc2C)c1)C(C)(C)C. The van der Waals surface area contributed by atoms with E-state index in [1.807, 2.05) is 46.1 Å². The van der Waals surface area contributed by atoms with Crippen LogP contribution in [-0.2, 0) is 13.4 Å². The minimum Gasteiger partial charge on any atom is -0.201 e. The van der Waals surface area contributed by atoms with Crippen molar-refractivity contribution in [2.24, 2.45) is 12.5 Å². The molecule has 1 aromatic heterocycles. The van der Waals surface area contributed by atoms with Gasteiger partial charge in [0.1, 0.15) is 7.05 Å². The molecule has 3 aromatic rings. The van der Waals surface area contributed by atoms with E-state index in [1.54, 1.807) is 0 Å². The topological polar surface area (TPSA) is 3.88 Å². The summed E-state index contributed by atoms with van der Waals surface area (Å²) >= 11 is 0. The van der Waals surface area contributed by atoms with Gasteiger partial charge < -0.3 is 0 Å². The molecule has 0 fully saturated rings. The van der Waals surface area contributed by atoms with Crippen molar-refractivity contribution < 1.29 is 7.31 Å². The smallest absolute Gasteiger partial charge is 0.201 e. The van der Waals surface area contributed by atoms with Crippen LogP contribution in [0.25, 0.3) is 22.4 Å². The third-order valence-electron chi connectivity index (χ3n) is 4.57. The van der Waals surface area contributed by atoms with Crippen LogP contribution in [-0.4, -0.2) is 0 Å². The van der Waals surface area contributed by atoms with Gasteiger partial charge in [0.2, 0.25) is 5.69 Å². The van der Waals surface area contributed by atoms with Gasteiger partial charge in [-0.2, -0.15) is 0 Å². The molecule has 0 atom stereocenters. The monoisotopic (exact) mass is 346 g/mol. The maximum absolute atomic E-state index is 8.66. The fourth-order valence-electron chi connectivity index (χ4n) is 3.17. The molecular formula is C25H30N+. The van der Waals surface area contributed by atoms with E-state index in [0.717, 1.165) is 11.3 Å². The molecule has 0 saturated heterocycles. The Bertz CT molecular complexity index is 996. The maximum Gasteiger partial charge on any atom is 0.212 e. The number of nitrogens with zero attached hydrogens (tertiary/aromatic N) is 1. The third-order valence-corrected chi connectivity index (χ3v) is 4.57. The fourth-order valence-corrected chi connectivity index (χ4v) is 3.17. The Labute approximate surface area is 161 Å². The van der Waals surface area contributed by atoms with E-state index in [2.05, 4.69) is 60.9 Å². The summed E-state index contributed by atoms with van der Waals surface area (Å²) in [4.78, 5) is 0. The highest BCUT2D eigenvalue weighted by atomic mass is 14.9. The van der Waals surface area contributed by atoms with Crippen molar-refractivity contribution in [2.75, 3.05) is 0 Å². The molecule has 0 bridgehead atoms. The highest BCUT2D eigenvalue weighted by Gasteiger charge is 2.17. The van der Waals surface area contributed by atoms with Gasteiger partial charge in [-0.1, -0.05) is 62.7 Å². The molecule has 0 unspecified atom stereocenters. The molecule has 134 valence electrons. The minimum atomic E-state index is -1.42. The zero-order valence-electron chi connectivity index (χ0n) is 18.7. The van der Waals surface area contributed by atoms with Crippen LogP contribution in [0.1, 0.15) is 40.2 Å². The Hall–Kier alpha value is -2.41. The number of aryl methyl sites for hydroxylation is 3. The van der Waals surface area contributed by atoms with Crippen LogP contribution in [0.5, 0.6) is 0 Å². The van der Waals surface area contributed by atoms with Crippen LogP contribution in [0, 0.1) is 19.3 Å². The predicted molar refractivity (Wildman–Crippen MR) is 111 cm³/mol. The molecule has 0 aliphatic heterocycles. The van der Waals surface area contributed by atoms with Crippen molar-refractivity contribution in [3.05, 3.63) is 77.5 Å². The van der Waals surface area contributed by atoms with Crippen molar-refractivity contribution in [3.8, 4) is 22.4 Å². The largest absolute Gasteiger partial charge is 0.212 e. The lowest BCUT2D eigenvalue weighted by atomic mass is 9.87. The van der Waals surface area contributed by atoms with Crippen LogP contribution in [0.15, 0.2) is 60.8 Å². The lowest BCUT2D eigenvalue weighted by molar-refractivity contribution is -0.660. The number of hydrogen-bond acceptors (Lipinski definition) is 0. The zero-order valence-corrected chi connectivity index (χ0v) is 16.7. The Morgan fingerprint density at radius 1 is 0.885 bits per heavy atom. The standard InChI is InChI=1S/C25H30N/c1-18-7-10-21(11-8-18)22-12-9-19(2)23(16-22)24-15-20(13-14-26(24)6)17-25(3,4)5/h7-16H,17H2,1-6H3/q+1/i17D2. The first-order valence-corrected chi connectivity index (χ1v) is 9.19. The van der Waals surface area contributed by atoms with Gasteiger partial charge in [0.25, 0.3) is 0 Å². The highest BCUT2D eigenvalue weighted by molar-refractivity contribution is 5.73. The van der Waals surface area contributed by atoms with Crippen molar-refractivity contribution in [2.45, 2.75) is 41.0 Å². The van der Waals surface area contributed by atoms with Gasteiger partial charge in [-0.05, 0) is 54.0 Å². The summed E-state index contributed by atoms with van der Waals surface area (Å²) < 4.78 is 19.4. The Balaban J connectivity index is 2.14. The summed E-state index contributed by atoms with van der Waals surface area (Å²) in [5.74, 6) is 0. The maximum atomic E-state index is 8.66. The number of aromatic nitrogens is 1. The molecule has 0 saturated carbocycles. The van der Waals surface area contributed by atoms with Crippen LogP contribution < -0.4 is 4.57 Å². The summed E-state index contributed by atoms with van der Waals surface area (Å²) in [6.45, 7) is 10.0. The van der Waals surface area contributed by atoms with E-state index >= 15 is 0 Å². The van der Waals surface area contributed by atoms with E-state index in [4.69, 9.17) is 2.74 Å². The molecule has 0 spiro atoms. The quantitative estimate of drug-likeness (QED) is 0.508. The molecule has 0 radical (unpaired) electrons. The lowest BCUT2D eigenvalue weighted by Crippen LogP contribution is -2.31. The van der Waals surface area contributed by atoms with Crippen LogP contribution >= 0.6 is 0 Å². The molecule has 0 amide bonds. The van der Waals surface area contributed by atoms with Gasteiger partial charge in [-0.25, -0.2) is 4.57 Å². The molecule has 0 N–H and O–H groups in total. The van der Waals surface area contributed by atoms with Crippen LogP contribution in [0.3, 0.4) is 0 Å². The van der Waals surface area contributed by atoms with Crippen LogP contribution in [0.4, 0.5) is 0 Å². The van der Waals surface area contributed by atoms with Gasteiger partial charge in [-0.3, -0.25) is 0 Å². The van der Waals surface area contributed by atoms with E-state index in [9.17, 15) is 0 Å². The molecule has 0 aliphatic carbocycles. The normalized spacial score (nSPS) is 13.3. The van der Waals surface area contributed by atoms with Gasteiger partial charge in [0.15, 0.2) is 6.20 Å². The summed E-state index contributed by atoms with van der Waals surface area (Å²) in [5.41, 5.74) is 7.18. The minimum absolute atomic E-state index is 0.483. The summed E-state index contributed by atoms with van der Waals surface area (Å²) in [5, 5.41) is 0. The second-order valence-corrected chi connectivity index (χ2v) is 8.18. The lowest BCUT2D eigenvalue weighted by Gasteiger charge is -2.18. The van der Waals surface area contributed by atoms with E-state index in [1.165, 1.54) is 22.3 Å². The van der Waals surface area contributed by atoms with Crippen molar-refractivity contribution >= 4 is 0 Å². The average molecular weight is 347 g/mol. The molecule has 1 heterocycles. The molecule has 2 aromatic carbocycles. The Kier molecular flexibility index (Phi) is 4.30. The molecule has 26 heavy (non-hydrogen) atoms. The van der Waals surface area contributed by atoms with E-state index < -0.39 is 11.8 Å². The molecule has 3 rings (SSSR count). The molecular weight excluding hydrogens is 314 g/mol. The van der Waals surface area contributed by atoms with Crippen molar-refractivity contribution in [1.82, 2.24) is 0 Å². The second kappa shape index (κ2) is 7.07. The van der Waals surface area contributed by atoms with E-state index in [-0.39, 0.29) is 0 Å². The number of hydrogen-bond donors (Lipinski definition) is 0. The fraction of sp³-hybridized carbons (Fsp3) is 0.320. The highest BCUT2D eigenvalue weighted by Crippen LogP contribution is 2.29. The molecule has 0 aliphatic rings. The number of pyridine rings is 1. The Morgan fingerprint density at radius 2 is 1.54 bits per heavy atom. The molecule has 1 heteroatoms. The first-order chi connectivity index (χ1) is 13.0. The van der Waals surface area contributed by atoms with Gasteiger partial charge in [0.05, 0.1) is 0 Å². The number of rotatable bonds is 3. The van der Waals surface area contributed by atoms with Crippen LogP contribution in [0.2, 0.25) is 0 Å². The number of benzene rings is 2. The van der Waals surface area contributed by atoms with E-state index in [0.29, 0.717) is 5.56 Å². The summed E-state index contributed by atoms with van der Waals surface area (Å²) in [7, 11) is 2.02. The van der Waals surface area contributed by atoms with Crippen molar-refractivity contribution in [3.63, 3.8) is 0 Å². The second-order valence-electron chi connectivity index (χ2n) is 8.18. The van der Waals surface area contributed by atoms with Gasteiger partial charge >= 0.3 is 0 Å². The first kappa shape index (κ1) is 15.8. The third kappa shape index (κ3) is 4.22. The van der Waals surface area contributed by atoms with Gasteiger partial charge in [-0.15, -0.1) is 0 Å². The summed E-state index contributed by atoms with van der Waals surface area (Å²) in [6.07, 6.45) is 0.546. The van der Waals surface area contributed by atoms with Gasteiger partial charge in [0, 0.05) is 20.4 Å². The average Bonchev–Trinajstić information content (AvgIpc) is 2.62. The molecule has 1 nitrogen and oxygen atoms in total. The summed E-state index contributed by atoms with van der Waals surface area (Å²) in [6, 6.07) is 19.0. The van der Waals surface area contributed by atoms with Crippen molar-refractivity contribution in [1.29, 1.82) is 0 Å². The Morgan fingerprint density at radius 3 is 2.19 bits per heavy atom. The predicted octanol–water partition coefficient (Wildman–Crippen LogP) is 6.05. The zero-order chi connectivity index (χ0) is 20.7. The first-order valence-electron chi connectivity index (χ1n) is 10.2.